The van der Waals surface area contributed by atoms with Crippen LogP contribution >= 0.6 is 15.9 Å². The molecule has 1 rings (SSSR count). The van der Waals surface area contributed by atoms with E-state index in [1.165, 1.54) is 6.92 Å². The van der Waals surface area contributed by atoms with Crippen molar-refractivity contribution in [1.82, 2.24) is 5.32 Å². The number of hydrogen-bond acceptors (Lipinski definition) is 3. The number of nitrogens with one attached hydrogen (secondary N) is 1. The number of carbonyl (C=O) groups excluding carboxylic acids is 2. The second-order valence-electron chi connectivity index (χ2n) is 3.46. The van der Waals surface area contributed by atoms with Gasteiger partial charge in [0.1, 0.15) is 5.70 Å². The van der Waals surface area contributed by atoms with Crippen LogP contribution in [0.25, 0.3) is 4.48 Å². The molecule has 1 aromatic carbocycles. The summed E-state index contributed by atoms with van der Waals surface area (Å²) < 4.78 is 5.40. The summed E-state index contributed by atoms with van der Waals surface area (Å²) in [4.78, 5) is 22.9. The summed E-state index contributed by atoms with van der Waals surface area (Å²) in [6.45, 7) is 3.29. The molecule has 0 fully saturated rings. The Kier molecular flexibility index (Phi) is 5.58. The van der Waals surface area contributed by atoms with Gasteiger partial charge in [-0.2, -0.15) is 0 Å². The van der Waals surface area contributed by atoms with Gasteiger partial charge in [0.2, 0.25) is 5.91 Å². The van der Waals surface area contributed by atoms with Gasteiger partial charge >= 0.3 is 5.97 Å². The molecule has 0 radical (unpaired) electrons. The quantitative estimate of drug-likeness (QED) is 0.686. The van der Waals surface area contributed by atoms with Gasteiger partial charge in [-0.3, -0.25) is 4.79 Å². The topological polar surface area (TPSA) is 55.4 Å². The third-order valence-electron chi connectivity index (χ3n) is 2.03. The highest BCUT2D eigenvalue weighted by atomic mass is 79.9. The van der Waals surface area contributed by atoms with Crippen LogP contribution in [-0.4, -0.2) is 18.5 Å². The SMILES string of the molecule is CCOC(=O)/C(NC(C)=O)=C(\Br)c1ccccc1. The summed E-state index contributed by atoms with van der Waals surface area (Å²) in [5.74, 6) is -0.894. The normalized spacial score (nSPS) is 11.5. The number of esters is 1. The highest BCUT2D eigenvalue weighted by molar-refractivity contribution is 9.15. The number of halogens is 1. The molecule has 0 unspecified atom stereocenters. The van der Waals surface area contributed by atoms with E-state index in [0.717, 1.165) is 5.56 Å². The van der Waals surface area contributed by atoms with Crippen LogP contribution < -0.4 is 5.32 Å². The summed E-state index contributed by atoms with van der Waals surface area (Å²) in [5, 5.41) is 2.48. The van der Waals surface area contributed by atoms with E-state index in [-0.39, 0.29) is 18.2 Å². The van der Waals surface area contributed by atoms with Gasteiger partial charge < -0.3 is 10.1 Å². The Bertz CT molecular complexity index is 468. The van der Waals surface area contributed by atoms with Crippen LogP contribution in [-0.2, 0) is 14.3 Å². The number of carbonyl (C=O) groups is 2. The zero-order valence-electron chi connectivity index (χ0n) is 10.2. The Hall–Kier alpha value is -1.62. The number of amides is 1. The molecule has 0 aliphatic carbocycles. The zero-order valence-corrected chi connectivity index (χ0v) is 11.8. The minimum Gasteiger partial charge on any atom is -0.461 e. The van der Waals surface area contributed by atoms with E-state index in [4.69, 9.17) is 4.74 Å². The highest BCUT2D eigenvalue weighted by Crippen LogP contribution is 2.24. The average molecular weight is 312 g/mol. The van der Waals surface area contributed by atoms with Gasteiger partial charge in [-0.15, -0.1) is 0 Å². The van der Waals surface area contributed by atoms with Crippen molar-refractivity contribution in [2.24, 2.45) is 0 Å². The van der Waals surface area contributed by atoms with Crippen molar-refractivity contribution < 1.29 is 14.3 Å². The molecule has 0 aliphatic rings. The third-order valence-corrected chi connectivity index (χ3v) is 2.88. The Balaban J connectivity index is 3.14. The van der Waals surface area contributed by atoms with Gasteiger partial charge in [-0.05, 0) is 28.4 Å². The van der Waals surface area contributed by atoms with Crippen LogP contribution in [0.1, 0.15) is 19.4 Å². The van der Waals surface area contributed by atoms with Crippen LogP contribution in [0.2, 0.25) is 0 Å². The molecule has 0 atom stereocenters. The number of rotatable bonds is 4. The van der Waals surface area contributed by atoms with Crippen LogP contribution in [0.3, 0.4) is 0 Å². The predicted molar refractivity (Wildman–Crippen MR) is 72.7 cm³/mol. The first kappa shape index (κ1) is 14.4. The van der Waals surface area contributed by atoms with Gasteiger partial charge in [0.05, 0.1) is 11.1 Å². The van der Waals surface area contributed by atoms with E-state index in [1.807, 2.05) is 30.3 Å². The summed E-state index contributed by atoms with van der Waals surface area (Å²) >= 11 is 3.32. The van der Waals surface area contributed by atoms with Crippen molar-refractivity contribution in [2.45, 2.75) is 13.8 Å². The first-order chi connectivity index (χ1) is 8.56. The molecule has 1 N–H and O–H groups in total. The first-order valence-electron chi connectivity index (χ1n) is 5.46. The molecule has 0 saturated carbocycles. The smallest absolute Gasteiger partial charge is 0.356 e. The van der Waals surface area contributed by atoms with Crippen molar-refractivity contribution in [3.05, 3.63) is 41.6 Å². The van der Waals surface area contributed by atoms with Crippen LogP contribution in [0.15, 0.2) is 36.0 Å². The lowest BCUT2D eigenvalue weighted by atomic mass is 10.2. The predicted octanol–water partition coefficient (Wildman–Crippen LogP) is 2.45. The maximum atomic E-state index is 11.8. The van der Waals surface area contributed by atoms with Gasteiger partial charge in [-0.1, -0.05) is 30.3 Å². The number of benzene rings is 1. The molecule has 0 spiro atoms. The molecule has 18 heavy (non-hydrogen) atoms. The van der Waals surface area contributed by atoms with Crippen molar-refractivity contribution in [3.63, 3.8) is 0 Å². The van der Waals surface area contributed by atoms with Crippen LogP contribution in [0, 0.1) is 0 Å². The average Bonchev–Trinajstić information content (AvgIpc) is 2.36. The summed E-state index contributed by atoms with van der Waals surface area (Å²) in [7, 11) is 0. The van der Waals surface area contributed by atoms with Crippen LogP contribution in [0.4, 0.5) is 0 Å². The lowest BCUT2D eigenvalue weighted by Crippen LogP contribution is -2.27. The standard InChI is InChI=1S/C13H14BrNO3/c1-3-18-13(17)12(15-9(2)16)11(14)10-7-5-4-6-8-10/h4-8H,3H2,1-2H3,(H,15,16)/b12-11+. The molecule has 0 aliphatic heterocycles. The fourth-order valence-electron chi connectivity index (χ4n) is 1.30. The van der Waals surface area contributed by atoms with Gasteiger partial charge in [0.15, 0.2) is 0 Å². The van der Waals surface area contributed by atoms with E-state index in [1.54, 1.807) is 6.92 Å². The number of ether oxygens (including phenoxy) is 1. The second kappa shape index (κ2) is 6.96. The molecule has 1 aromatic rings. The molecule has 96 valence electrons. The van der Waals surface area contributed by atoms with Crippen molar-refractivity contribution in [1.29, 1.82) is 0 Å². The lowest BCUT2D eigenvalue weighted by Gasteiger charge is -2.10. The Morgan fingerprint density at radius 1 is 1.28 bits per heavy atom. The molecule has 1 amide bonds. The van der Waals surface area contributed by atoms with Gasteiger partial charge in [0.25, 0.3) is 0 Å². The molecule has 0 heterocycles. The summed E-state index contributed by atoms with van der Waals surface area (Å²) in [5.41, 5.74) is 0.893. The van der Waals surface area contributed by atoms with Gasteiger partial charge in [-0.25, -0.2) is 4.79 Å². The maximum Gasteiger partial charge on any atom is 0.356 e. The summed E-state index contributed by atoms with van der Waals surface area (Å²) in [6, 6.07) is 9.20. The number of hydrogen-bond donors (Lipinski definition) is 1. The van der Waals surface area contributed by atoms with E-state index >= 15 is 0 Å². The molecule has 5 heteroatoms. The minimum absolute atomic E-state index is 0.107. The second-order valence-corrected chi connectivity index (χ2v) is 4.25. The van der Waals surface area contributed by atoms with Crippen LogP contribution in [0.5, 0.6) is 0 Å². The fraction of sp³-hybridized carbons (Fsp3) is 0.231. The molecular weight excluding hydrogens is 298 g/mol. The molecule has 4 nitrogen and oxygen atoms in total. The third kappa shape index (κ3) is 4.00. The van der Waals surface area contributed by atoms with Crippen molar-refractivity contribution in [3.8, 4) is 0 Å². The van der Waals surface area contributed by atoms with E-state index < -0.39 is 5.97 Å². The van der Waals surface area contributed by atoms with E-state index in [0.29, 0.717) is 4.48 Å². The highest BCUT2D eigenvalue weighted by Gasteiger charge is 2.17. The molecule has 0 aromatic heterocycles. The Morgan fingerprint density at radius 3 is 2.39 bits per heavy atom. The minimum atomic E-state index is -0.566. The van der Waals surface area contributed by atoms with Crippen molar-refractivity contribution >= 4 is 32.3 Å². The molecule has 0 saturated heterocycles. The first-order valence-corrected chi connectivity index (χ1v) is 6.25. The Labute approximate surface area is 114 Å². The fourth-order valence-corrected chi connectivity index (χ4v) is 1.83. The van der Waals surface area contributed by atoms with Crippen molar-refractivity contribution in [2.75, 3.05) is 6.61 Å². The molecular formula is C13H14BrNO3. The van der Waals surface area contributed by atoms with E-state index in [9.17, 15) is 9.59 Å². The molecule has 0 bridgehead atoms. The maximum absolute atomic E-state index is 11.8. The summed E-state index contributed by atoms with van der Waals surface area (Å²) in [6.07, 6.45) is 0. The zero-order chi connectivity index (χ0) is 13.5. The lowest BCUT2D eigenvalue weighted by molar-refractivity contribution is -0.139. The monoisotopic (exact) mass is 311 g/mol. The van der Waals surface area contributed by atoms with Gasteiger partial charge in [0, 0.05) is 6.92 Å². The largest absolute Gasteiger partial charge is 0.461 e. The Morgan fingerprint density at radius 2 is 1.89 bits per heavy atom. The van der Waals surface area contributed by atoms with E-state index in [2.05, 4.69) is 21.2 Å².